The first kappa shape index (κ1) is 13.5. The second-order valence-corrected chi connectivity index (χ2v) is 6.03. The standard InChI is InChI=1S/C14H17ClN2S/c1-10(2)14(11-3-5-12(15)6-4-11)17-8-13-7-16-9-18-13/h3-7,9-10,14,17H,8H2,1-2H3. The van der Waals surface area contributed by atoms with Crippen LogP contribution in [0.1, 0.15) is 30.3 Å². The zero-order valence-electron chi connectivity index (χ0n) is 10.6. The number of nitrogens with one attached hydrogen (secondary N) is 1. The van der Waals surface area contributed by atoms with Crippen molar-refractivity contribution in [2.75, 3.05) is 0 Å². The van der Waals surface area contributed by atoms with Crippen LogP contribution in [0.5, 0.6) is 0 Å². The molecule has 0 amide bonds. The summed E-state index contributed by atoms with van der Waals surface area (Å²) in [4.78, 5) is 5.35. The molecule has 2 aromatic rings. The number of benzene rings is 1. The fourth-order valence-corrected chi connectivity index (χ4v) is 2.62. The number of rotatable bonds is 5. The van der Waals surface area contributed by atoms with E-state index in [0.29, 0.717) is 12.0 Å². The lowest BCUT2D eigenvalue weighted by Gasteiger charge is -2.22. The Morgan fingerprint density at radius 3 is 2.56 bits per heavy atom. The molecule has 0 saturated heterocycles. The van der Waals surface area contributed by atoms with Crippen molar-refractivity contribution in [2.24, 2.45) is 5.92 Å². The summed E-state index contributed by atoms with van der Waals surface area (Å²) < 4.78 is 0. The van der Waals surface area contributed by atoms with E-state index < -0.39 is 0 Å². The van der Waals surface area contributed by atoms with E-state index in [2.05, 4.69) is 36.3 Å². The van der Waals surface area contributed by atoms with Crippen LogP contribution in [-0.2, 0) is 6.54 Å². The Labute approximate surface area is 117 Å². The normalized spacial score (nSPS) is 12.9. The van der Waals surface area contributed by atoms with Gasteiger partial charge < -0.3 is 5.32 Å². The molecule has 2 rings (SSSR count). The summed E-state index contributed by atoms with van der Waals surface area (Å²) in [5.41, 5.74) is 3.14. The van der Waals surface area contributed by atoms with Crippen molar-refractivity contribution >= 4 is 22.9 Å². The fraction of sp³-hybridized carbons (Fsp3) is 0.357. The highest BCUT2D eigenvalue weighted by molar-refractivity contribution is 7.09. The first-order valence-electron chi connectivity index (χ1n) is 6.03. The molecule has 0 spiro atoms. The van der Waals surface area contributed by atoms with Gasteiger partial charge in [0.15, 0.2) is 0 Å². The lowest BCUT2D eigenvalue weighted by molar-refractivity contribution is 0.412. The minimum absolute atomic E-state index is 0.337. The van der Waals surface area contributed by atoms with Gasteiger partial charge in [0.2, 0.25) is 0 Å². The number of nitrogens with zero attached hydrogens (tertiary/aromatic N) is 1. The largest absolute Gasteiger partial charge is 0.305 e. The molecule has 0 aliphatic rings. The third kappa shape index (κ3) is 3.55. The van der Waals surface area contributed by atoms with Crippen LogP contribution in [-0.4, -0.2) is 4.98 Å². The molecule has 1 aromatic heterocycles. The number of aromatic nitrogens is 1. The number of thiazole rings is 1. The van der Waals surface area contributed by atoms with E-state index >= 15 is 0 Å². The molecule has 2 nitrogen and oxygen atoms in total. The van der Waals surface area contributed by atoms with Crippen molar-refractivity contribution in [2.45, 2.75) is 26.4 Å². The molecule has 0 radical (unpaired) electrons. The predicted octanol–water partition coefficient (Wildman–Crippen LogP) is 4.28. The SMILES string of the molecule is CC(C)C(NCc1cncs1)c1ccc(Cl)cc1. The van der Waals surface area contributed by atoms with E-state index in [9.17, 15) is 0 Å². The van der Waals surface area contributed by atoms with Crippen LogP contribution in [0, 0.1) is 5.92 Å². The fourth-order valence-electron chi connectivity index (χ4n) is 1.95. The molecular formula is C14H17ClN2S. The molecule has 1 heterocycles. The van der Waals surface area contributed by atoms with Crippen LogP contribution in [0.15, 0.2) is 36.0 Å². The molecule has 0 fully saturated rings. The van der Waals surface area contributed by atoms with Crippen molar-refractivity contribution in [3.63, 3.8) is 0 Å². The maximum Gasteiger partial charge on any atom is 0.0794 e. The second-order valence-electron chi connectivity index (χ2n) is 4.62. The lowest BCUT2D eigenvalue weighted by atomic mass is 9.96. The minimum atomic E-state index is 0.337. The molecule has 18 heavy (non-hydrogen) atoms. The molecule has 4 heteroatoms. The number of hydrogen-bond acceptors (Lipinski definition) is 3. The highest BCUT2D eigenvalue weighted by Gasteiger charge is 2.15. The van der Waals surface area contributed by atoms with Crippen molar-refractivity contribution in [3.8, 4) is 0 Å². The van der Waals surface area contributed by atoms with Gasteiger partial charge >= 0.3 is 0 Å². The first-order valence-corrected chi connectivity index (χ1v) is 7.29. The first-order chi connectivity index (χ1) is 8.66. The summed E-state index contributed by atoms with van der Waals surface area (Å²) in [6, 6.07) is 8.41. The average molecular weight is 281 g/mol. The summed E-state index contributed by atoms with van der Waals surface area (Å²) in [6.07, 6.45) is 1.91. The Morgan fingerprint density at radius 2 is 2.00 bits per heavy atom. The lowest BCUT2D eigenvalue weighted by Crippen LogP contribution is -2.25. The monoisotopic (exact) mass is 280 g/mol. The smallest absolute Gasteiger partial charge is 0.0794 e. The molecule has 96 valence electrons. The van der Waals surface area contributed by atoms with Gasteiger partial charge in [0, 0.05) is 28.7 Å². The Hall–Kier alpha value is -0.900. The van der Waals surface area contributed by atoms with Crippen molar-refractivity contribution in [1.82, 2.24) is 10.3 Å². The van der Waals surface area contributed by atoms with Gasteiger partial charge in [0.25, 0.3) is 0 Å². The van der Waals surface area contributed by atoms with E-state index in [1.54, 1.807) is 11.3 Å². The van der Waals surface area contributed by atoms with E-state index in [0.717, 1.165) is 11.6 Å². The van der Waals surface area contributed by atoms with Gasteiger partial charge in [-0.05, 0) is 23.6 Å². The summed E-state index contributed by atoms with van der Waals surface area (Å²) in [7, 11) is 0. The minimum Gasteiger partial charge on any atom is -0.305 e. The van der Waals surface area contributed by atoms with E-state index in [1.165, 1.54) is 10.4 Å². The van der Waals surface area contributed by atoms with Crippen LogP contribution in [0.4, 0.5) is 0 Å². The van der Waals surface area contributed by atoms with Crippen molar-refractivity contribution in [3.05, 3.63) is 51.4 Å². The molecule has 0 aliphatic heterocycles. The highest BCUT2D eigenvalue weighted by atomic mass is 35.5. The molecule has 0 aliphatic carbocycles. The molecule has 1 unspecified atom stereocenters. The van der Waals surface area contributed by atoms with Gasteiger partial charge in [-0.1, -0.05) is 37.6 Å². The summed E-state index contributed by atoms with van der Waals surface area (Å²) in [5, 5.41) is 4.37. The quantitative estimate of drug-likeness (QED) is 0.884. The van der Waals surface area contributed by atoms with Crippen LogP contribution >= 0.6 is 22.9 Å². The van der Waals surface area contributed by atoms with Crippen LogP contribution in [0.25, 0.3) is 0 Å². The Balaban J connectivity index is 2.06. The number of halogens is 1. The van der Waals surface area contributed by atoms with Crippen molar-refractivity contribution in [1.29, 1.82) is 0 Å². The Bertz CT molecular complexity index is 465. The van der Waals surface area contributed by atoms with Gasteiger partial charge in [0.1, 0.15) is 0 Å². The molecule has 1 N–H and O–H groups in total. The third-order valence-corrected chi connectivity index (χ3v) is 3.91. The average Bonchev–Trinajstić information content (AvgIpc) is 2.84. The maximum atomic E-state index is 5.93. The van der Waals surface area contributed by atoms with Crippen LogP contribution < -0.4 is 5.32 Å². The van der Waals surface area contributed by atoms with E-state index in [4.69, 9.17) is 11.6 Å². The van der Waals surface area contributed by atoms with Gasteiger partial charge in [-0.2, -0.15) is 0 Å². The topological polar surface area (TPSA) is 24.9 Å². The predicted molar refractivity (Wildman–Crippen MR) is 78.0 cm³/mol. The summed E-state index contributed by atoms with van der Waals surface area (Å²) >= 11 is 7.61. The van der Waals surface area contributed by atoms with Crippen LogP contribution in [0.3, 0.4) is 0 Å². The van der Waals surface area contributed by atoms with Gasteiger partial charge in [0.05, 0.1) is 5.51 Å². The second kappa shape index (κ2) is 6.32. The van der Waals surface area contributed by atoms with E-state index in [-0.39, 0.29) is 0 Å². The molecule has 0 bridgehead atoms. The molecule has 0 saturated carbocycles. The van der Waals surface area contributed by atoms with Gasteiger partial charge in [-0.3, -0.25) is 4.98 Å². The molecular weight excluding hydrogens is 264 g/mol. The van der Waals surface area contributed by atoms with Gasteiger partial charge in [-0.15, -0.1) is 11.3 Å². The zero-order valence-corrected chi connectivity index (χ0v) is 12.1. The number of hydrogen-bond donors (Lipinski definition) is 1. The van der Waals surface area contributed by atoms with Gasteiger partial charge in [-0.25, -0.2) is 0 Å². The summed E-state index contributed by atoms with van der Waals surface area (Å²) in [5.74, 6) is 0.527. The van der Waals surface area contributed by atoms with Crippen molar-refractivity contribution < 1.29 is 0 Å². The Morgan fingerprint density at radius 1 is 1.28 bits per heavy atom. The van der Waals surface area contributed by atoms with Crippen LogP contribution in [0.2, 0.25) is 5.02 Å². The third-order valence-electron chi connectivity index (χ3n) is 2.88. The highest BCUT2D eigenvalue weighted by Crippen LogP contribution is 2.24. The Kier molecular flexibility index (Phi) is 4.75. The maximum absolute atomic E-state index is 5.93. The zero-order chi connectivity index (χ0) is 13.0. The summed E-state index contributed by atoms with van der Waals surface area (Å²) in [6.45, 7) is 5.30. The molecule has 1 aromatic carbocycles. The van der Waals surface area contributed by atoms with E-state index in [1.807, 2.05) is 23.8 Å². The molecule has 1 atom stereocenters.